The zero-order valence-corrected chi connectivity index (χ0v) is 13.7. The fourth-order valence-electron chi connectivity index (χ4n) is 2.09. The second kappa shape index (κ2) is 6.24. The molecular weight excluding hydrogens is 286 g/mol. The first-order chi connectivity index (χ1) is 9.72. The van der Waals surface area contributed by atoms with Gasteiger partial charge < -0.3 is 10.2 Å². The van der Waals surface area contributed by atoms with Crippen molar-refractivity contribution in [1.82, 2.24) is 10.3 Å². The van der Waals surface area contributed by atoms with E-state index in [0.717, 1.165) is 30.7 Å². The Morgan fingerprint density at radius 1 is 1.45 bits per heavy atom. The van der Waals surface area contributed by atoms with Crippen molar-refractivity contribution in [3.05, 3.63) is 33.0 Å². The lowest BCUT2D eigenvalue weighted by atomic mass is 10.3. The Morgan fingerprint density at radius 3 is 3.00 bits per heavy atom. The van der Waals surface area contributed by atoms with Crippen LogP contribution in [0.4, 0.5) is 5.13 Å². The van der Waals surface area contributed by atoms with Crippen molar-refractivity contribution in [3.8, 4) is 0 Å². The molecule has 0 unspecified atom stereocenters. The van der Waals surface area contributed by atoms with Crippen LogP contribution < -0.4 is 10.2 Å². The Labute approximate surface area is 128 Å². The zero-order valence-electron chi connectivity index (χ0n) is 12.1. The van der Waals surface area contributed by atoms with Crippen LogP contribution in [0.2, 0.25) is 0 Å². The van der Waals surface area contributed by atoms with Crippen LogP contribution in [0.5, 0.6) is 0 Å². The van der Waals surface area contributed by atoms with Crippen LogP contribution in [0.3, 0.4) is 0 Å². The summed E-state index contributed by atoms with van der Waals surface area (Å²) < 4.78 is 0. The largest absolute Gasteiger partial charge is 0.351 e. The summed E-state index contributed by atoms with van der Waals surface area (Å²) in [6.45, 7) is 4.13. The van der Waals surface area contributed by atoms with Gasteiger partial charge in [-0.05, 0) is 37.6 Å². The van der Waals surface area contributed by atoms with Crippen molar-refractivity contribution in [2.24, 2.45) is 0 Å². The van der Waals surface area contributed by atoms with Crippen LogP contribution in [-0.2, 0) is 13.0 Å². The lowest BCUT2D eigenvalue weighted by Crippen LogP contribution is -2.19. The monoisotopic (exact) mass is 307 g/mol. The highest BCUT2D eigenvalue weighted by atomic mass is 32.1. The lowest BCUT2D eigenvalue weighted by Gasteiger charge is -2.14. The van der Waals surface area contributed by atoms with Gasteiger partial charge in [0.2, 0.25) is 0 Å². The van der Waals surface area contributed by atoms with Crippen LogP contribution in [0, 0.1) is 6.92 Å². The molecule has 0 spiro atoms. The highest BCUT2D eigenvalue weighted by molar-refractivity contribution is 7.15. The van der Waals surface area contributed by atoms with Crippen molar-refractivity contribution in [2.45, 2.75) is 38.8 Å². The Morgan fingerprint density at radius 2 is 2.30 bits per heavy atom. The summed E-state index contributed by atoms with van der Waals surface area (Å²) in [4.78, 5) is 9.82. The molecule has 0 saturated heterocycles. The van der Waals surface area contributed by atoms with E-state index in [1.165, 1.54) is 28.3 Å². The molecule has 0 amide bonds. The van der Waals surface area contributed by atoms with Crippen molar-refractivity contribution in [1.29, 1.82) is 0 Å². The number of nitrogens with zero attached hydrogens (tertiary/aromatic N) is 2. The third-order valence-corrected chi connectivity index (χ3v) is 5.82. The molecule has 1 aliphatic rings. The Hall–Kier alpha value is -0.910. The molecule has 0 atom stereocenters. The van der Waals surface area contributed by atoms with Crippen LogP contribution >= 0.6 is 22.7 Å². The van der Waals surface area contributed by atoms with Gasteiger partial charge in [-0.25, -0.2) is 4.98 Å². The molecule has 2 aromatic heterocycles. The molecule has 0 bridgehead atoms. The molecule has 3 rings (SSSR count). The predicted molar refractivity (Wildman–Crippen MR) is 88.0 cm³/mol. The molecule has 20 heavy (non-hydrogen) atoms. The van der Waals surface area contributed by atoms with Gasteiger partial charge in [-0.1, -0.05) is 6.07 Å². The van der Waals surface area contributed by atoms with E-state index in [1.807, 2.05) is 22.7 Å². The summed E-state index contributed by atoms with van der Waals surface area (Å²) in [7, 11) is 2.14. The molecule has 108 valence electrons. The zero-order chi connectivity index (χ0) is 13.9. The topological polar surface area (TPSA) is 28.2 Å². The van der Waals surface area contributed by atoms with Crippen LogP contribution in [-0.4, -0.2) is 24.6 Å². The van der Waals surface area contributed by atoms with E-state index in [2.05, 4.69) is 41.7 Å². The molecule has 1 aliphatic carbocycles. The van der Waals surface area contributed by atoms with Gasteiger partial charge in [0, 0.05) is 35.9 Å². The highest BCUT2D eigenvalue weighted by Crippen LogP contribution is 2.27. The lowest BCUT2D eigenvalue weighted by molar-refractivity contribution is 0.691. The van der Waals surface area contributed by atoms with E-state index in [9.17, 15) is 0 Å². The van der Waals surface area contributed by atoms with E-state index in [1.54, 1.807) is 0 Å². The summed E-state index contributed by atoms with van der Waals surface area (Å²) in [6.07, 6.45) is 3.78. The van der Waals surface area contributed by atoms with Crippen molar-refractivity contribution >= 4 is 27.8 Å². The fraction of sp³-hybridized carbons (Fsp3) is 0.533. The van der Waals surface area contributed by atoms with Crippen molar-refractivity contribution < 1.29 is 0 Å². The molecule has 2 heterocycles. The smallest absolute Gasteiger partial charge is 0.185 e. The minimum absolute atomic E-state index is 0.761. The normalized spacial score (nSPS) is 14.7. The van der Waals surface area contributed by atoms with Crippen molar-refractivity contribution in [2.75, 3.05) is 18.5 Å². The molecule has 0 aliphatic heterocycles. The van der Waals surface area contributed by atoms with Crippen molar-refractivity contribution in [3.63, 3.8) is 0 Å². The van der Waals surface area contributed by atoms with Gasteiger partial charge in [-0.2, -0.15) is 0 Å². The number of thiazole rings is 1. The minimum Gasteiger partial charge on any atom is -0.351 e. The molecule has 0 aromatic carbocycles. The molecule has 5 heteroatoms. The maximum Gasteiger partial charge on any atom is 0.185 e. The third-order valence-electron chi connectivity index (χ3n) is 3.61. The molecule has 3 nitrogen and oxygen atoms in total. The number of likely N-dealkylation sites (N-methyl/N-ethyl adjacent to an activating group) is 1. The SMILES string of the molecule is Cc1nc(N(C)CCc2cccs2)sc1CNC1CC1. The summed E-state index contributed by atoms with van der Waals surface area (Å²) in [5.74, 6) is 0. The number of rotatable bonds is 7. The van der Waals surface area contributed by atoms with E-state index in [4.69, 9.17) is 4.98 Å². The number of hydrogen-bond acceptors (Lipinski definition) is 5. The summed E-state index contributed by atoms with van der Waals surface area (Å²) in [6, 6.07) is 5.09. The summed E-state index contributed by atoms with van der Waals surface area (Å²) >= 11 is 3.66. The molecular formula is C15H21N3S2. The maximum absolute atomic E-state index is 4.72. The third kappa shape index (κ3) is 3.59. The van der Waals surface area contributed by atoms with Gasteiger partial charge in [0.15, 0.2) is 5.13 Å². The van der Waals surface area contributed by atoms with Gasteiger partial charge in [-0.15, -0.1) is 22.7 Å². The Kier molecular flexibility index (Phi) is 4.38. The van der Waals surface area contributed by atoms with Gasteiger partial charge in [0.05, 0.1) is 5.69 Å². The standard InChI is InChI=1S/C15H21N3S2/c1-11-14(10-16-12-5-6-12)20-15(17-11)18(2)8-7-13-4-3-9-19-13/h3-4,9,12,16H,5-8,10H2,1-2H3. The number of hydrogen-bond donors (Lipinski definition) is 1. The van der Waals surface area contributed by atoms with E-state index >= 15 is 0 Å². The van der Waals surface area contributed by atoms with Crippen LogP contribution in [0.15, 0.2) is 17.5 Å². The Bertz CT molecular complexity index is 543. The van der Waals surface area contributed by atoms with E-state index in [0.29, 0.717) is 0 Å². The van der Waals surface area contributed by atoms with Crippen LogP contribution in [0.1, 0.15) is 28.3 Å². The van der Waals surface area contributed by atoms with Gasteiger partial charge >= 0.3 is 0 Å². The number of aromatic nitrogens is 1. The van der Waals surface area contributed by atoms with Gasteiger partial charge in [0.1, 0.15) is 0 Å². The first kappa shape index (κ1) is 14.0. The molecule has 1 saturated carbocycles. The fourth-order valence-corrected chi connectivity index (χ4v) is 3.79. The number of anilines is 1. The summed E-state index contributed by atoms with van der Waals surface area (Å²) in [5, 5.41) is 6.86. The average molecular weight is 307 g/mol. The second-order valence-corrected chi connectivity index (χ2v) is 7.51. The number of thiophene rings is 1. The molecule has 2 aromatic rings. The highest BCUT2D eigenvalue weighted by Gasteiger charge is 2.21. The number of nitrogens with one attached hydrogen (secondary N) is 1. The second-order valence-electron chi connectivity index (χ2n) is 5.41. The molecule has 1 N–H and O–H groups in total. The van der Waals surface area contributed by atoms with Gasteiger partial charge in [0.25, 0.3) is 0 Å². The van der Waals surface area contributed by atoms with Gasteiger partial charge in [-0.3, -0.25) is 0 Å². The van der Waals surface area contributed by atoms with E-state index in [-0.39, 0.29) is 0 Å². The first-order valence-corrected chi connectivity index (χ1v) is 8.85. The summed E-state index contributed by atoms with van der Waals surface area (Å²) in [5.41, 5.74) is 1.18. The van der Waals surface area contributed by atoms with Crippen LogP contribution in [0.25, 0.3) is 0 Å². The first-order valence-electron chi connectivity index (χ1n) is 7.15. The maximum atomic E-state index is 4.72. The number of aryl methyl sites for hydroxylation is 1. The minimum atomic E-state index is 0.761. The quantitative estimate of drug-likeness (QED) is 0.849. The predicted octanol–water partition coefficient (Wildman–Crippen LogP) is 3.44. The Balaban J connectivity index is 1.56. The average Bonchev–Trinajstić information content (AvgIpc) is 2.98. The molecule has 0 radical (unpaired) electrons. The van der Waals surface area contributed by atoms with E-state index < -0.39 is 0 Å². The molecule has 1 fully saturated rings.